The minimum atomic E-state index is -3.43. The number of aromatic nitrogens is 2. The van der Waals surface area contributed by atoms with Crippen LogP contribution >= 0.6 is 7.60 Å². The zero-order valence-electron chi connectivity index (χ0n) is 15.3. The van der Waals surface area contributed by atoms with Crippen LogP contribution in [0, 0.1) is 27.7 Å². The fourth-order valence-electron chi connectivity index (χ4n) is 2.99. The zero-order valence-corrected chi connectivity index (χ0v) is 16.2. The topological polar surface area (TPSA) is 52.3 Å². The first kappa shape index (κ1) is 18.8. The van der Waals surface area contributed by atoms with E-state index in [9.17, 15) is 4.57 Å². The lowest BCUT2D eigenvalue weighted by Gasteiger charge is -2.18. The number of hydrogen-bond donors (Lipinski definition) is 0. The maximum Gasteiger partial charge on any atom is 0.425 e. The van der Waals surface area contributed by atoms with Crippen LogP contribution in [0.15, 0.2) is 24.7 Å². The maximum atomic E-state index is 13.5. The van der Waals surface area contributed by atoms with Gasteiger partial charge in [-0.3, -0.25) is 4.98 Å². The molecule has 0 aromatic carbocycles. The highest BCUT2D eigenvalue weighted by Gasteiger charge is 2.40. The van der Waals surface area contributed by atoms with E-state index in [1.807, 2.05) is 70.8 Å². The molecule has 0 aliphatic carbocycles. The molecule has 0 saturated carbocycles. The summed E-state index contributed by atoms with van der Waals surface area (Å²) in [5, 5.41) is 0. The zero-order chi connectivity index (χ0) is 17.9. The smallest absolute Gasteiger partial charge is 0.301 e. The summed E-state index contributed by atoms with van der Waals surface area (Å²) in [7, 11) is -3.43. The van der Waals surface area contributed by atoms with E-state index < -0.39 is 7.60 Å². The average molecular weight is 349 g/mol. The van der Waals surface area contributed by atoms with Gasteiger partial charge < -0.3 is 9.05 Å². The molecule has 0 amide bonds. The van der Waals surface area contributed by atoms with E-state index in [4.69, 9.17) is 9.05 Å². The van der Waals surface area contributed by atoms with Gasteiger partial charge in [-0.15, -0.1) is 0 Å². The lowest BCUT2D eigenvalue weighted by Crippen LogP contribution is -2.50. The SMILES string of the molecule is CCOP(=O)(OCC)c1c(C)cc(C)c[n+]1-c1c(C)cncc1C. The van der Waals surface area contributed by atoms with Gasteiger partial charge in [0.1, 0.15) is 0 Å². The molecule has 0 spiro atoms. The molecule has 130 valence electrons. The summed E-state index contributed by atoms with van der Waals surface area (Å²) in [6, 6.07) is 2.00. The molecular weight excluding hydrogens is 323 g/mol. The Morgan fingerprint density at radius 3 is 2.04 bits per heavy atom. The van der Waals surface area contributed by atoms with E-state index in [0.717, 1.165) is 27.9 Å². The molecule has 5 nitrogen and oxygen atoms in total. The van der Waals surface area contributed by atoms with Gasteiger partial charge in [-0.05, 0) is 47.6 Å². The molecule has 6 heteroatoms. The van der Waals surface area contributed by atoms with E-state index >= 15 is 0 Å². The first-order chi connectivity index (χ1) is 11.3. The molecule has 0 radical (unpaired) electrons. The van der Waals surface area contributed by atoms with Crippen molar-refractivity contribution < 1.29 is 18.2 Å². The number of aryl methyl sites for hydroxylation is 4. The van der Waals surface area contributed by atoms with Gasteiger partial charge in [0.25, 0.3) is 0 Å². The molecule has 0 atom stereocenters. The van der Waals surface area contributed by atoms with E-state index in [1.165, 1.54) is 0 Å². The van der Waals surface area contributed by atoms with Gasteiger partial charge in [-0.1, -0.05) is 0 Å². The summed E-state index contributed by atoms with van der Waals surface area (Å²) >= 11 is 0. The molecule has 0 bridgehead atoms. The summed E-state index contributed by atoms with van der Waals surface area (Å²) in [5.74, 6) is 0. The highest BCUT2D eigenvalue weighted by Crippen LogP contribution is 2.46. The van der Waals surface area contributed by atoms with Crippen LogP contribution in [0.4, 0.5) is 0 Å². The Morgan fingerprint density at radius 1 is 1.00 bits per heavy atom. The lowest BCUT2D eigenvalue weighted by molar-refractivity contribution is -0.579. The Balaban J connectivity index is 2.84. The standard InChI is InChI=1S/C18H26N2O3P/c1-7-22-24(21,23-8-2)18-14(4)9-13(3)12-20(18)17-15(5)10-19-11-16(17)6/h9-12H,7-8H2,1-6H3/q+1. The van der Waals surface area contributed by atoms with Crippen LogP contribution in [0.5, 0.6) is 0 Å². The molecule has 0 aliphatic heterocycles. The van der Waals surface area contributed by atoms with Crippen molar-refractivity contribution in [1.82, 2.24) is 4.98 Å². The fraction of sp³-hybridized carbons (Fsp3) is 0.444. The molecule has 2 aromatic rings. The summed E-state index contributed by atoms with van der Waals surface area (Å²) < 4.78 is 26.7. The van der Waals surface area contributed by atoms with Crippen LogP contribution in [0.2, 0.25) is 0 Å². The maximum absolute atomic E-state index is 13.5. The van der Waals surface area contributed by atoms with Gasteiger partial charge >= 0.3 is 13.0 Å². The molecule has 2 rings (SSSR count). The highest BCUT2D eigenvalue weighted by atomic mass is 31.2. The number of rotatable bonds is 6. The van der Waals surface area contributed by atoms with Crippen molar-refractivity contribution >= 4 is 13.0 Å². The largest absolute Gasteiger partial charge is 0.425 e. The lowest BCUT2D eigenvalue weighted by atomic mass is 10.1. The van der Waals surface area contributed by atoms with Gasteiger partial charge in [-0.25, -0.2) is 4.57 Å². The average Bonchev–Trinajstić information content (AvgIpc) is 2.46. The van der Waals surface area contributed by atoms with E-state index in [-0.39, 0.29) is 0 Å². The second-order valence-corrected chi connectivity index (χ2v) is 7.78. The monoisotopic (exact) mass is 349 g/mol. The van der Waals surface area contributed by atoms with Gasteiger partial charge in [0, 0.05) is 34.6 Å². The third-order valence-electron chi connectivity index (χ3n) is 3.74. The number of pyridine rings is 2. The van der Waals surface area contributed by atoms with Crippen molar-refractivity contribution in [2.75, 3.05) is 13.2 Å². The molecule has 2 aromatic heterocycles. The number of hydrogen-bond acceptors (Lipinski definition) is 4. The minimum absolute atomic E-state index is 0.318. The molecule has 0 N–H and O–H groups in total. The molecule has 0 aliphatic rings. The first-order valence-electron chi connectivity index (χ1n) is 8.18. The van der Waals surface area contributed by atoms with Gasteiger partial charge in [-0.2, -0.15) is 4.57 Å². The minimum Gasteiger partial charge on any atom is -0.301 e. The molecular formula is C18H26N2O3P+. The second-order valence-electron chi connectivity index (χ2n) is 5.85. The Bertz CT molecular complexity index is 760. The van der Waals surface area contributed by atoms with E-state index in [0.29, 0.717) is 18.6 Å². The number of nitrogens with zero attached hydrogens (tertiary/aromatic N) is 2. The Hall–Kier alpha value is -1.55. The first-order valence-corrected chi connectivity index (χ1v) is 9.72. The van der Waals surface area contributed by atoms with Crippen molar-refractivity contribution in [1.29, 1.82) is 0 Å². The summed E-state index contributed by atoms with van der Waals surface area (Å²) in [6.07, 6.45) is 5.59. The van der Waals surface area contributed by atoms with Gasteiger partial charge in [0.05, 0.1) is 13.2 Å². The van der Waals surface area contributed by atoms with Crippen LogP contribution < -0.4 is 10.0 Å². The summed E-state index contributed by atoms with van der Waals surface area (Å²) in [4.78, 5) is 4.23. The normalized spacial score (nSPS) is 11.8. The molecule has 24 heavy (non-hydrogen) atoms. The molecule has 0 saturated heterocycles. The van der Waals surface area contributed by atoms with E-state index in [1.54, 1.807) is 0 Å². The fourth-order valence-corrected chi connectivity index (χ4v) is 4.91. The molecule has 0 fully saturated rings. The van der Waals surface area contributed by atoms with Crippen LogP contribution in [0.3, 0.4) is 0 Å². The van der Waals surface area contributed by atoms with Crippen molar-refractivity contribution in [3.05, 3.63) is 46.9 Å². The Labute approximate surface area is 144 Å². The third kappa shape index (κ3) is 3.59. The van der Waals surface area contributed by atoms with Crippen molar-refractivity contribution in [2.24, 2.45) is 0 Å². The van der Waals surface area contributed by atoms with Crippen molar-refractivity contribution in [3.63, 3.8) is 0 Å². The molecule has 0 unspecified atom stereocenters. The molecule has 2 heterocycles. The Morgan fingerprint density at radius 2 is 1.54 bits per heavy atom. The Kier molecular flexibility index (Phi) is 5.92. The highest BCUT2D eigenvalue weighted by molar-refractivity contribution is 7.61. The second kappa shape index (κ2) is 7.56. The van der Waals surface area contributed by atoms with Crippen molar-refractivity contribution in [3.8, 4) is 5.69 Å². The van der Waals surface area contributed by atoms with Crippen molar-refractivity contribution in [2.45, 2.75) is 41.5 Å². The van der Waals surface area contributed by atoms with Crippen LogP contribution in [0.1, 0.15) is 36.1 Å². The predicted molar refractivity (Wildman–Crippen MR) is 95.2 cm³/mol. The van der Waals surface area contributed by atoms with Gasteiger partial charge in [0.15, 0.2) is 6.20 Å². The summed E-state index contributed by atoms with van der Waals surface area (Å²) in [5.41, 5.74) is 5.51. The summed E-state index contributed by atoms with van der Waals surface area (Å²) in [6.45, 7) is 12.2. The third-order valence-corrected chi connectivity index (χ3v) is 6.02. The quantitative estimate of drug-likeness (QED) is 0.592. The van der Waals surface area contributed by atoms with Crippen LogP contribution in [0.25, 0.3) is 5.69 Å². The van der Waals surface area contributed by atoms with E-state index in [2.05, 4.69) is 4.98 Å². The predicted octanol–water partition coefficient (Wildman–Crippen LogP) is 3.48. The van der Waals surface area contributed by atoms with Crippen LogP contribution in [-0.2, 0) is 13.6 Å². The van der Waals surface area contributed by atoms with Gasteiger partial charge in [0.2, 0.25) is 5.69 Å². The van der Waals surface area contributed by atoms with Crippen LogP contribution in [-0.4, -0.2) is 18.2 Å².